The van der Waals surface area contributed by atoms with Crippen LogP contribution in [0.2, 0.25) is 0 Å². The second kappa shape index (κ2) is 10.2. The number of nitrogens with zero attached hydrogens (tertiary/aromatic N) is 4. The van der Waals surface area contributed by atoms with Crippen molar-refractivity contribution in [3.63, 3.8) is 0 Å². The molecule has 0 atom stereocenters. The summed E-state index contributed by atoms with van der Waals surface area (Å²) in [6.45, 7) is 0.320. The summed E-state index contributed by atoms with van der Waals surface area (Å²) in [5.41, 5.74) is 2.84. The summed E-state index contributed by atoms with van der Waals surface area (Å²) in [7, 11) is 1.60. The van der Waals surface area contributed by atoms with Gasteiger partial charge in [-0.05, 0) is 60.4 Å². The molecule has 3 aromatic carbocycles. The summed E-state index contributed by atoms with van der Waals surface area (Å²) in [6.07, 6.45) is 0.802. The SMILES string of the molecule is COc1ccc(Cn2nc(NC(=O)c3ccc(SC)cc3)cc2-c2nc3ccccc3n2C(=O)O)cc1. The molecule has 0 unspecified atom stereocenters. The number of nitrogens with one attached hydrogen (secondary N) is 1. The molecule has 0 saturated carbocycles. The van der Waals surface area contributed by atoms with Crippen LogP contribution in [0.5, 0.6) is 5.75 Å². The topological polar surface area (TPSA) is 111 Å². The minimum Gasteiger partial charge on any atom is -0.497 e. The molecule has 1 amide bonds. The van der Waals surface area contributed by atoms with Crippen molar-refractivity contribution in [2.24, 2.45) is 0 Å². The van der Waals surface area contributed by atoms with Gasteiger partial charge in [0.1, 0.15) is 11.4 Å². The normalized spacial score (nSPS) is 11.0. The van der Waals surface area contributed by atoms with E-state index in [1.54, 1.807) is 66.0 Å². The Morgan fingerprint density at radius 1 is 1.03 bits per heavy atom. The first-order chi connectivity index (χ1) is 18.0. The maximum absolute atomic E-state index is 12.9. The van der Waals surface area contributed by atoms with E-state index in [0.29, 0.717) is 28.8 Å². The van der Waals surface area contributed by atoms with Crippen LogP contribution < -0.4 is 10.1 Å². The first kappa shape index (κ1) is 24.1. The number of carboxylic acid groups (broad SMARTS) is 1. The maximum Gasteiger partial charge on any atom is 0.417 e. The van der Waals surface area contributed by atoms with Crippen molar-refractivity contribution < 1.29 is 19.4 Å². The standard InChI is InChI=1S/C27H23N5O4S/c1-36-19-11-7-17(8-12-19)16-31-23(25-28-21-5-3-4-6-22(21)32(25)27(34)35)15-24(30-31)29-26(33)18-9-13-20(37-2)14-10-18/h3-15H,16H2,1-2H3,(H,34,35)(H,29,30,33). The number of thioether (sulfide) groups is 1. The van der Waals surface area contributed by atoms with Crippen molar-refractivity contribution in [2.45, 2.75) is 11.4 Å². The van der Waals surface area contributed by atoms with Crippen LogP contribution in [0.15, 0.2) is 83.8 Å². The second-order valence-electron chi connectivity index (χ2n) is 8.15. The number of rotatable bonds is 7. The van der Waals surface area contributed by atoms with Crippen LogP contribution in [-0.2, 0) is 6.54 Å². The molecular formula is C27H23N5O4S. The Morgan fingerprint density at radius 2 is 1.76 bits per heavy atom. The molecule has 0 spiro atoms. The zero-order valence-corrected chi connectivity index (χ0v) is 20.9. The number of methoxy groups -OCH3 is 1. The van der Waals surface area contributed by atoms with Crippen LogP contribution in [0.25, 0.3) is 22.6 Å². The molecule has 10 heteroatoms. The van der Waals surface area contributed by atoms with Crippen molar-refractivity contribution in [3.8, 4) is 17.3 Å². The zero-order valence-electron chi connectivity index (χ0n) is 20.1. The van der Waals surface area contributed by atoms with E-state index in [1.807, 2.05) is 42.7 Å². The van der Waals surface area contributed by atoms with Gasteiger partial charge in [-0.2, -0.15) is 5.10 Å². The van der Waals surface area contributed by atoms with Crippen LogP contribution in [0.3, 0.4) is 0 Å². The molecule has 0 bridgehead atoms. The average Bonchev–Trinajstić information content (AvgIpc) is 3.50. The van der Waals surface area contributed by atoms with Crippen LogP contribution in [0, 0.1) is 0 Å². The Kier molecular flexibility index (Phi) is 6.65. The zero-order chi connectivity index (χ0) is 25.9. The molecule has 186 valence electrons. The van der Waals surface area contributed by atoms with E-state index in [2.05, 4.69) is 15.4 Å². The fraction of sp³-hybridized carbons (Fsp3) is 0.111. The summed E-state index contributed by atoms with van der Waals surface area (Å²) in [5.74, 6) is 0.892. The minimum atomic E-state index is -1.17. The molecule has 2 N–H and O–H groups in total. The molecule has 2 heterocycles. The van der Waals surface area contributed by atoms with Gasteiger partial charge in [-0.25, -0.2) is 14.3 Å². The van der Waals surface area contributed by atoms with Crippen LogP contribution in [0.4, 0.5) is 10.6 Å². The molecule has 0 saturated heterocycles. The molecule has 9 nitrogen and oxygen atoms in total. The van der Waals surface area contributed by atoms with E-state index in [0.717, 1.165) is 20.8 Å². The second-order valence-corrected chi connectivity index (χ2v) is 9.02. The predicted molar refractivity (Wildman–Crippen MR) is 143 cm³/mol. The third-order valence-corrected chi connectivity index (χ3v) is 6.59. The molecular weight excluding hydrogens is 490 g/mol. The highest BCUT2D eigenvalue weighted by atomic mass is 32.2. The van der Waals surface area contributed by atoms with Gasteiger partial charge >= 0.3 is 6.09 Å². The number of amides is 1. The number of hydrogen-bond acceptors (Lipinski definition) is 6. The lowest BCUT2D eigenvalue weighted by Crippen LogP contribution is -2.13. The van der Waals surface area contributed by atoms with Gasteiger partial charge in [-0.3, -0.25) is 9.48 Å². The molecule has 5 rings (SSSR count). The highest BCUT2D eigenvalue weighted by molar-refractivity contribution is 7.98. The van der Waals surface area contributed by atoms with Gasteiger partial charge in [0.05, 0.1) is 24.7 Å². The van der Waals surface area contributed by atoms with Gasteiger partial charge in [0, 0.05) is 16.5 Å². The first-order valence-electron chi connectivity index (χ1n) is 11.3. The largest absolute Gasteiger partial charge is 0.497 e. The average molecular weight is 514 g/mol. The number of imidazole rings is 1. The lowest BCUT2D eigenvalue weighted by Gasteiger charge is -2.09. The Labute approximate surface area is 216 Å². The fourth-order valence-corrected chi connectivity index (χ4v) is 4.41. The highest BCUT2D eigenvalue weighted by Gasteiger charge is 2.22. The number of carbonyl (C=O) groups excluding carboxylic acids is 1. The Hall–Kier alpha value is -4.57. The summed E-state index contributed by atoms with van der Waals surface area (Å²) in [4.78, 5) is 30.8. The van der Waals surface area contributed by atoms with Crippen molar-refractivity contribution in [2.75, 3.05) is 18.7 Å². The highest BCUT2D eigenvalue weighted by Crippen LogP contribution is 2.28. The van der Waals surface area contributed by atoms with Gasteiger partial charge < -0.3 is 15.2 Å². The smallest absolute Gasteiger partial charge is 0.417 e. The molecule has 0 fully saturated rings. The Morgan fingerprint density at radius 3 is 2.43 bits per heavy atom. The van der Waals surface area contributed by atoms with Crippen LogP contribution in [-0.4, -0.2) is 49.8 Å². The number of aromatic nitrogens is 4. The van der Waals surface area contributed by atoms with Gasteiger partial charge in [0.25, 0.3) is 5.91 Å². The van der Waals surface area contributed by atoms with Crippen molar-refractivity contribution in [3.05, 3.63) is 90.0 Å². The third kappa shape index (κ3) is 4.91. The predicted octanol–water partition coefficient (Wildman–Crippen LogP) is 5.46. The van der Waals surface area contributed by atoms with E-state index in [-0.39, 0.29) is 17.5 Å². The summed E-state index contributed by atoms with van der Waals surface area (Å²) in [6, 6.07) is 23.4. The number of para-hydroxylation sites is 2. The molecule has 0 aliphatic heterocycles. The number of anilines is 1. The molecule has 2 aromatic heterocycles. The van der Waals surface area contributed by atoms with E-state index in [4.69, 9.17) is 4.74 Å². The number of hydrogen-bond donors (Lipinski definition) is 2. The Bertz CT molecular complexity index is 1590. The molecule has 37 heavy (non-hydrogen) atoms. The minimum absolute atomic E-state index is 0.208. The lowest BCUT2D eigenvalue weighted by molar-refractivity contribution is 0.102. The van der Waals surface area contributed by atoms with Gasteiger partial charge in [-0.1, -0.05) is 24.3 Å². The maximum atomic E-state index is 12.9. The first-order valence-corrected chi connectivity index (χ1v) is 12.6. The number of benzene rings is 3. The van der Waals surface area contributed by atoms with E-state index >= 15 is 0 Å². The summed E-state index contributed by atoms with van der Waals surface area (Å²) < 4.78 is 8.01. The van der Waals surface area contributed by atoms with Gasteiger partial charge in [0.2, 0.25) is 0 Å². The van der Waals surface area contributed by atoms with Crippen LogP contribution >= 0.6 is 11.8 Å². The lowest BCUT2D eigenvalue weighted by atomic mass is 10.2. The summed E-state index contributed by atoms with van der Waals surface area (Å²) in [5, 5.41) is 17.4. The quantitative estimate of drug-likeness (QED) is 0.278. The Balaban J connectivity index is 1.56. The fourth-order valence-electron chi connectivity index (χ4n) is 4.00. The van der Waals surface area contributed by atoms with Gasteiger partial charge in [-0.15, -0.1) is 11.8 Å². The van der Waals surface area contributed by atoms with E-state index in [9.17, 15) is 14.7 Å². The molecule has 0 aliphatic rings. The third-order valence-electron chi connectivity index (χ3n) is 5.85. The summed E-state index contributed by atoms with van der Waals surface area (Å²) >= 11 is 1.59. The van der Waals surface area contributed by atoms with E-state index < -0.39 is 6.09 Å². The molecule has 5 aromatic rings. The number of ether oxygens (including phenoxy) is 1. The number of fused-ring (bicyclic) bond motifs is 1. The molecule has 0 aliphatic carbocycles. The van der Waals surface area contributed by atoms with Crippen LogP contribution in [0.1, 0.15) is 15.9 Å². The monoisotopic (exact) mass is 513 g/mol. The number of carbonyl (C=O) groups is 2. The van der Waals surface area contributed by atoms with Crippen molar-refractivity contribution in [1.29, 1.82) is 0 Å². The van der Waals surface area contributed by atoms with Crippen molar-refractivity contribution >= 4 is 40.6 Å². The van der Waals surface area contributed by atoms with E-state index in [1.165, 1.54) is 0 Å². The van der Waals surface area contributed by atoms with Gasteiger partial charge in [0.15, 0.2) is 11.6 Å². The molecule has 0 radical (unpaired) electrons. The van der Waals surface area contributed by atoms with Crippen molar-refractivity contribution in [1.82, 2.24) is 19.3 Å².